The highest BCUT2D eigenvalue weighted by Crippen LogP contribution is 2.36. The van der Waals surface area contributed by atoms with Crippen molar-refractivity contribution in [3.05, 3.63) is 18.1 Å². The van der Waals surface area contributed by atoms with E-state index >= 15 is 0 Å². The number of rotatable bonds is 3. The van der Waals surface area contributed by atoms with Gasteiger partial charge in [0.05, 0.1) is 12.6 Å². The zero-order valence-corrected chi connectivity index (χ0v) is 9.29. The highest BCUT2D eigenvalue weighted by atomic mass is 16.5. The van der Waals surface area contributed by atoms with Crippen LogP contribution in [-0.2, 0) is 5.54 Å². The van der Waals surface area contributed by atoms with Gasteiger partial charge in [0.1, 0.15) is 5.69 Å². The molecule has 82 valence electrons. The van der Waals surface area contributed by atoms with Gasteiger partial charge < -0.3 is 10.1 Å². The monoisotopic (exact) mass is 207 g/mol. The third-order valence-electron chi connectivity index (χ3n) is 3.16. The van der Waals surface area contributed by atoms with Crippen molar-refractivity contribution < 1.29 is 4.74 Å². The van der Waals surface area contributed by atoms with Gasteiger partial charge in [-0.2, -0.15) is 0 Å². The number of methoxy groups -OCH3 is 1. The Labute approximate surface area is 90.1 Å². The van der Waals surface area contributed by atoms with Crippen molar-refractivity contribution in [2.24, 2.45) is 0 Å². The van der Waals surface area contributed by atoms with Crippen molar-refractivity contribution in [2.45, 2.75) is 31.7 Å². The van der Waals surface area contributed by atoms with Crippen LogP contribution in [0.2, 0.25) is 0 Å². The summed E-state index contributed by atoms with van der Waals surface area (Å²) in [4.78, 5) is 8.63. The van der Waals surface area contributed by atoms with Crippen LogP contribution >= 0.6 is 0 Å². The number of hydrogen-bond donors (Lipinski definition) is 1. The number of nitrogens with one attached hydrogen (secondary N) is 1. The third kappa shape index (κ3) is 1.69. The smallest absolute Gasteiger partial charge is 0.237 e. The molecule has 1 aromatic heterocycles. The maximum atomic E-state index is 5.27. The summed E-state index contributed by atoms with van der Waals surface area (Å²) in [6.07, 6.45) is 6.71. The number of aromatic nitrogens is 2. The summed E-state index contributed by atoms with van der Waals surface area (Å²) in [5.41, 5.74) is 0.923. The Morgan fingerprint density at radius 2 is 2.27 bits per heavy atom. The molecular formula is C11H17N3O. The van der Waals surface area contributed by atoms with Gasteiger partial charge in [-0.1, -0.05) is 6.92 Å². The molecule has 1 fully saturated rings. The summed E-state index contributed by atoms with van der Waals surface area (Å²) in [5.74, 6) is 0.647. The van der Waals surface area contributed by atoms with E-state index in [0.717, 1.165) is 25.1 Å². The summed E-state index contributed by atoms with van der Waals surface area (Å²) >= 11 is 0. The molecule has 1 aromatic rings. The highest BCUT2D eigenvalue weighted by Gasteiger charge is 2.37. The minimum absolute atomic E-state index is 0.0282. The lowest BCUT2D eigenvalue weighted by Gasteiger charge is -2.28. The molecule has 0 saturated carbocycles. The van der Waals surface area contributed by atoms with E-state index in [2.05, 4.69) is 22.2 Å². The molecule has 4 heteroatoms. The molecule has 1 aliphatic heterocycles. The number of ether oxygens (including phenoxy) is 1. The second-order valence-corrected chi connectivity index (χ2v) is 3.88. The normalized spacial score (nSPS) is 25.5. The highest BCUT2D eigenvalue weighted by molar-refractivity contribution is 5.27. The first kappa shape index (κ1) is 10.4. The fraction of sp³-hybridized carbons (Fsp3) is 0.636. The standard InChI is InChI=1S/C11H17N3O/c1-3-11(5-4-6-14-11)9-10(15-2)13-8-7-12-9/h7-8,14H,3-6H2,1-2H3. The van der Waals surface area contributed by atoms with Crippen LogP contribution in [0, 0.1) is 0 Å². The van der Waals surface area contributed by atoms with E-state index in [1.807, 2.05) is 0 Å². The maximum Gasteiger partial charge on any atom is 0.237 e. The van der Waals surface area contributed by atoms with Crippen molar-refractivity contribution >= 4 is 0 Å². The van der Waals surface area contributed by atoms with Gasteiger partial charge in [0.2, 0.25) is 5.88 Å². The molecule has 0 aliphatic carbocycles. The van der Waals surface area contributed by atoms with Gasteiger partial charge in [0.15, 0.2) is 0 Å². The molecule has 0 bridgehead atoms. The Hall–Kier alpha value is -1.16. The second kappa shape index (κ2) is 4.14. The van der Waals surface area contributed by atoms with Crippen LogP contribution in [-0.4, -0.2) is 23.6 Å². The van der Waals surface area contributed by atoms with Crippen LogP contribution in [0.5, 0.6) is 5.88 Å². The predicted octanol–water partition coefficient (Wildman–Crippen LogP) is 1.47. The second-order valence-electron chi connectivity index (χ2n) is 3.88. The zero-order valence-electron chi connectivity index (χ0n) is 9.29. The molecule has 1 N–H and O–H groups in total. The van der Waals surface area contributed by atoms with Gasteiger partial charge in [-0.05, 0) is 25.8 Å². The molecular weight excluding hydrogens is 190 g/mol. The van der Waals surface area contributed by atoms with E-state index in [4.69, 9.17) is 4.74 Å². The molecule has 1 saturated heterocycles. The van der Waals surface area contributed by atoms with Gasteiger partial charge in [-0.3, -0.25) is 4.98 Å². The van der Waals surface area contributed by atoms with E-state index in [-0.39, 0.29) is 5.54 Å². The van der Waals surface area contributed by atoms with Crippen LogP contribution in [0.3, 0.4) is 0 Å². The predicted molar refractivity (Wildman–Crippen MR) is 57.8 cm³/mol. The minimum Gasteiger partial charge on any atom is -0.480 e. The Morgan fingerprint density at radius 3 is 2.87 bits per heavy atom. The summed E-state index contributed by atoms with van der Waals surface area (Å²) in [7, 11) is 1.64. The van der Waals surface area contributed by atoms with Crippen molar-refractivity contribution in [3.8, 4) is 5.88 Å². The van der Waals surface area contributed by atoms with E-state index in [9.17, 15) is 0 Å². The zero-order chi connectivity index (χ0) is 10.7. The average molecular weight is 207 g/mol. The van der Waals surface area contributed by atoms with Crippen LogP contribution in [0.25, 0.3) is 0 Å². The van der Waals surface area contributed by atoms with Crippen LogP contribution in [0.4, 0.5) is 0 Å². The first-order valence-corrected chi connectivity index (χ1v) is 5.43. The van der Waals surface area contributed by atoms with E-state index in [1.54, 1.807) is 19.5 Å². The first-order valence-electron chi connectivity index (χ1n) is 5.43. The molecule has 0 spiro atoms. The minimum atomic E-state index is -0.0282. The first-order chi connectivity index (χ1) is 7.32. The van der Waals surface area contributed by atoms with Crippen molar-refractivity contribution in [1.82, 2.24) is 15.3 Å². The van der Waals surface area contributed by atoms with Gasteiger partial charge in [0.25, 0.3) is 0 Å². The Morgan fingerprint density at radius 1 is 1.47 bits per heavy atom. The molecule has 2 heterocycles. The molecule has 1 aliphatic rings. The number of nitrogens with zero attached hydrogens (tertiary/aromatic N) is 2. The number of hydrogen-bond acceptors (Lipinski definition) is 4. The fourth-order valence-corrected chi connectivity index (χ4v) is 2.28. The lowest BCUT2D eigenvalue weighted by atomic mass is 9.90. The molecule has 0 aromatic carbocycles. The van der Waals surface area contributed by atoms with Gasteiger partial charge in [-0.25, -0.2) is 4.98 Å². The molecule has 1 atom stereocenters. The van der Waals surface area contributed by atoms with Crippen LogP contribution < -0.4 is 10.1 Å². The van der Waals surface area contributed by atoms with Gasteiger partial charge in [-0.15, -0.1) is 0 Å². The Kier molecular flexibility index (Phi) is 2.86. The molecule has 15 heavy (non-hydrogen) atoms. The lowest BCUT2D eigenvalue weighted by Crippen LogP contribution is -2.37. The fourth-order valence-electron chi connectivity index (χ4n) is 2.28. The third-order valence-corrected chi connectivity index (χ3v) is 3.16. The topological polar surface area (TPSA) is 47.0 Å². The van der Waals surface area contributed by atoms with Gasteiger partial charge in [0, 0.05) is 12.4 Å². The maximum absolute atomic E-state index is 5.27. The molecule has 4 nitrogen and oxygen atoms in total. The summed E-state index contributed by atoms with van der Waals surface area (Å²) in [5, 5.41) is 3.53. The van der Waals surface area contributed by atoms with Crippen LogP contribution in [0.15, 0.2) is 12.4 Å². The molecule has 2 rings (SSSR count). The van der Waals surface area contributed by atoms with Crippen molar-refractivity contribution in [1.29, 1.82) is 0 Å². The molecule has 1 unspecified atom stereocenters. The van der Waals surface area contributed by atoms with E-state index < -0.39 is 0 Å². The summed E-state index contributed by atoms with van der Waals surface area (Å²) in [6.45, 7) is 3.22. The van der Waals surface area contributed by atoms with Gasteiger partial charge >= 0.3 is 0 Å². The molecule has 0 radical (unpaired) electrons. The Bertz CT molecular complexity index is 334. The SMILES string of the molecule is CCC1(c2nccnc2OC)CCCN1. The van der Waals surface area contributed by atoms with Crippen molar-refractivity contribution in [2.75, 3.05) is 13.7 Å². The van der Waals surface area contributed by atoms with E-state index in [1.165, 1.54) is 6.42 Å². The Balaban J connectivity index is 2.41. The average Bonchev–Trinajstić information content (AvgIpc) is 2.79. The van der Waals surface area contributed by atoms with E-state index in [0.29, 0.717) is 5.88 Å². The quantitative estimate of drug-likeness (QED) is 0.815. The molecule has 0 amide bonds. The van der Waals surface area contributed by atoms with Crippen LogP contribution in [0.1, 0.15) is 31.9 Å². The summed E-state index contributed by atoms with van der Waals surface area (Å²) < 4.78 is 5.27. The summed E-state index contributed by atoms with van der Waals surface area (Å²) in [6, 6.07) is 0. The lowest BCUT2D eigenvalue weighted by molar-refractivity contribution is 0.322. The van der Waals surface area contributed by atoms with Crippen molar-refractivity contribution in [3.63, 3.8) is 0 Å². The largest absolute Gasteiger partial charge is 0.480 e.